The quantitative estimate of drug-likeness (QED) is 0.763. The normalized spacial score (nSPS) is 22.9. The van der Waals surface area contributed by atoms with Crippen molar-refractivity contribution in [1.29, 1.82) is 0 Å². The van der Waals surface area contributed by atoms with Crippen LogP contribution >= 0.6 is 0 Å². The summed E-state index contributed by atoms with van der Waals surface area (Å²) in [5, 5.41) is 12.6. The van der Waals surface area contributed by atoms with E-state index in [9.17, 15) is 5.11 Å². The van der Waals surface area contributed by atoms with Crippen LogP contribution in [-0.4, -0.2) is 35.7 Å². The van der Waals surface area contributed by atoms with E-state index < -0.39 is 0 Å². The van der Waals surface area contributed by atoms with Crippen LogP contribution in [0.4, 0.5) is 0 Å². The molecule has 0 aromatic heterocycles. The lowest BCUT2D eigenvalue weighted by atomic mass is 10.1. The number of piperazine rings is 1. The first-order valence-electron chi connectivity index (χ1n) is 5.48. The maximum absolute atomic E-state index is 9.19. The molecule has 0 spiro atoms. The minimum absolute atomic E-state index is 0.340. The molecule has 2 rings (SSSR count). The Morgan fingerprint density at radius 1 is 1.40 bits per heavy atom. The fraction of sp³-hybridized carbons (Fsp3) is 0.500. The van der Waals surface area contributed by atoms with Gasteiger partial charge in [0.2, 0.25) is 0 Å². The van der Waals surface area contributed by atoms with E-state index in [1.165, 1.54) is 5.56 Å². The number of hydrogen-bond acceptors (Lipinski definition) is 3. The first-order valence-corrected chi connectivity index (χ1v) is 5.48. The van der Waals surface area contributed by atoms with Crippen LogP contribution in [-0.2, 0) is 6.54 Å². The molecule has 0 bridgehead atoms. The second-order valence-electron chi connectivity index (χ2n) is 4.19. The summed E-state index contributed by atoms with van der Waals surface area (Å²) < 4.78 is 0. The number of hydrogen-bond donors (Lipinski definition) is 2. The Labute approximate surface area is 90.7 Å². The molecule has 1 aromatic carbocycles. The van der Waals surface area contributed by atoms with Gasteiger partial charge in [-0.3, -0.25) is 4.90 Å². The molecule has 1 atom stereocenters. The Morgan fingerprint density at radius 3 is 2.80 bits per heavy atom. The van der Waals surface area contributed by atoms with Crippen LogP contribution in [0.2, 0.25) is 0 Å². The minimum atomic E-state index is 0.340. The summed E-state index contributed by atoms with van der Waals surface area (Å²) in [5.41, 5.74) is 1.27. The summed E-state index contributed by atoms with van der Waals surface area (Å²) >= 11 is 0. The largest absolute Gasteiger partial charge is 0.508 e. The number of nitrogens with zero attached hydrogens (tertiary/aromatic N) is 1. The van der Waals surface area contributed by atoms with Gasteiger partial charge in [0.25, 0.3) is 0 Å². The molecule has 1 heterocycles. The van der Waals surface area contributed by atoms with Crippen molar-refractivity contribution >= 4 is 0 Å². The number of benzene rings is 1. The van der Waals surface area contributed by atoms with Gasteiger partial charge in [-0.1, -0.05) is 12.1 Å². The molecule has 0 aliphatic carbocycles. The van der Waals surface area contributed by atoms with Gasteiger partial charge in [-0.25, -0.2) is 0 Å². The van der Waals surface area contributed by atoms with Crippen molar-refractivity contribution in [2.45, 2.75) is 19.5 Å². The zero-order chi connectivity index (χ0) is 10.7. The molecule has 3 heteroatoms. The molecule has 0 unspecified atom stereocenters. The monoisotopic (exact) mass is 206 g/mol. The van der Waals surface area contributed by atoms with Gasteiger partial charge in [0.05, 0.1) is 0 Å². The smallest absolute Gasteiger partial charge is 0.115 e. The molecule has 1 aliphatic heterocycles. The summed E-state index contributed by atoms with van der Waals surface area (Å²) in [6.45, 7) is 6.46. The molecule has 15 heavy (non-hydrogen) atoms. The highest BCUT2D eigenvalue weighted by molar-refractivity contribution is 5.25. The molecular weight excluding hydrogens is 188 g/mol. The number of phenols is 1. The summed E-state index contributed by atoms with van der Waals surface area (Å²) in [5.74, 6) is 0.340. The van der Waals surface area contributed by atoms with Crippen molar-refractivity contribution in [3.63, 3.8) is 0 Å². The van der Waals surface area contributed by atoms with Crippen LogP contribution in [0.5, 0.6) is 5.75 Å². The van der Waals surface area contributed by atoms with E-state index in [4.69, 9.17) is 0 Å². The van der Waals surface area contributed by atoms with E-state index in [0.717, 1.165) is 26.2 Å². The highest BCUT2D eigenvalue weighted by Gasteiger charge is 2.17. The highest BCUT2D eigenvalue weighted by Crippen LogP contribution is 2.13. The number of phenolic OH excluding ortho intramolecular Hbond substituents is 1. The van der Waals surface area contributed by atoms with E-state index in [-0.39, 0.29) is 0 Å². The predicted octanol–water partition coefficient (Wildman–Crippen LogP) is 1.19. The Kier molecular flexibility index (Phi) is 3.23. The van der Waals surface area contributed by atoms with Gasteiger partial charge in [0.1, 0.15) is 5.75 Å². The van der Waals surface area contributed by atoms with Gasteiger partial charge in [-0.2, -0.15) is 0 Å². The standard InChI is InChI=1S/C12H18N2O/c1-10-8-13-6-7-14(10)9-11-2-4-12(15)5-3-11/h2-5,10,13,15H,6-9H2,1H3/t10-/m0/s1. The maximum atomic E-state index is 9.19. The van der Waals surface area contributed by atoms with Gasteiger partial charge < -0.3 is 10.4 Å². The van der Waals surface area contributed by atoms with E-state index in [1.807, 2.05) is 12.1 Å². The SMILES string of the molecule is C[C@H]1CNCCN1Cc1ccc(O)cc1. The van der Waals surface area contributed by atoms with Crippen LogP contribution in [0.3, 0.4) is 0 Å². The lowest BCUT2D eigenvalue weighted by Crippen LogP contribution is -2.49. The molecule has 82 valence electrons. The maximum Gasteiger partial charge on any atom is 0.115 e. The minimum Gasteiger partial charge on any atom is -0.508 e. The van der Waals surface area contributed by atoms with Crippen molar-refractivity contribution < 1.29 is 5.11 Å². The first-order chi connectivity index (χ1) is 7.25. The zero-order valence-corrected chi connectivity index (χ0v) is 9.11. The lowest BCUT2D eigenvalue weighted by Gasteiger charge is -2.33. The second kappa shape index (κ2) is 4.64. The Hall–Kier alpha value is -1.06. The Bertz CT molecular complexity index is 310. The molecule has 1 aromatic rings. The van der Waals surface area contributed by atoms with Crippen molar-refractivity contribution in [1.82, 2.24) is 10.2 Å². The molecule has 1 fully saturated rings. The molecule has 1 aliphatic rings. The van der Waals surface area contributed by atoms with Gasteiger partial charge in [-0.15, -0.1) is 0 Å². The van der Waals surface area contributed by atoms with Crippen molar-refractivity contribution in [3.8, 4) is 5.75 Å². The van der Waals surface area contributed by atoms with E-state index in [2.05, 4.69) is 17.1 Å². The number of aromatic hydroxyl groups is 1. The summed E-state index contributed by atoms with van der Waals surface area (Å²) in [6, 6.07) is 8.08. The third-order valence-corrected chi connectivity index (χ3v) is 2.96. The predicted molar refractivity (Wildman–Crippen MR) is 60.8 cm³/mol. The fourth-order valence-corrected chi connectivity index (χ4v) is 1.95. The van der Waals surface area contributed by atoms with Gasteiger partial charge in [-0.05, 0) is 24.6 Å². The van der Waals surface area contributed by atoms with Gasteiger partial charge >= 0.3 is 0 Å². The molecule has 0 saturated carbocycles. The lowest BCUT2D eigenvalue weighted by molar-refractivity contribution is 0.165. The van der Waals surface area contributed by atoms with Crippen LogP contribution < -0.4 is 5.32 Å². The Balaban J connectivity index is 1.98. The van der Waals surface area contributed by atoms with Crippen molar-refractivity contribution in [2.75, 3.05) is 19.6 Å². The average Bonchev–Trinajstić information content (AvgIpc) is 2.25. The van der Waals surface area contributed by atoms with Crippen molar-refractivity contribution in [2.24, 2.45) is 0 Å². The Morgan fingerprint density at radius 2 is 2.13 bits per heavy atom. The summed E-state index contributed by atoms with van der Waals surface area (Å²) in [6.07, 6.45) is 0. The molecule has 3 nitrogen and oxygen atoms in total. The van der Waals surface area contributed by atoms with Crippen LogP contribution in [0.15, 0.2) is 24.3 Å². The van der Waals surface area contributed by atoms with Crippen LogP contribution in [0.25, 0.3) is 0 Å². The fourth-order valence-electron chi connectivity index (χ4n) is 1.95. The molecule has 0 amide bonds. The molecule has 0 radical (unpaired) electrons. The van der Waals surface area contributed by atoms with E-state index in [0.29, 0.717) is 11.8 Å². The zero-order valence-electron chi connectivity index (χ0n) is 9.11. The highest BCUT2D eigenvalue weighted by atomic mass is 16.3. The third-order valence-electron chi connectivity index (χ3n) is 2.96. The molecule has 2 N–H and O–H groups in total. The molecular formula is C12H18N2O. The number of rotatable bonds is 2. The number of nitrogens with one attached hydrogen (secondary N) is 1. The first kappa shape index (κ1) is 10.5. The average molecular weight is 206 g/mol. The van der Waals surface area contributed by atoms with Crippen LogP contribution in [0, 0.1) is 0 Å². The molecule has 1 saturated heterocycles. The van der Waals surface area contributed by atoms with Crippen LogP contribution in [0.1, 0.15) is 12.5 Å². The summed E-state index contributed by atoms with van der Waals surface area (Å²) in [7, 11) is 0. The van der Waals surface area contributed by atoms with E-state index in [1.54, 1.807) is 12.1 Å². The third kappa shape index (κ3) is 2.70. The van der Waals surface area contributed by atoms with Crippen molar-refractivity contribution in [3.05, 3.63) is 29.8 Å². The summed E-state index contributed by atoms with van der Waals surface area (Å²) in [4.78, 5) is 2.46. The van der Waals surface area contributed by atoms with E-state index >= 15 is 0 Å². The topological polar surface area (TPSA) is 35.5 Å². The van der Waals surface area contributed by atoms with Gasteiger partial charge in [0.15, 0.2) is 0 Å². The van der Waals surface area contributed by atoms with Gasteiger partial charge in [0, 0.05) is 32.2 Å². The second-order valence-corrected chi connectivity index (χ2v) is 4.19.